The molecular weight excluding hydrogens is 338 g/mol. The number of carbonyl (C=O) groups excluding carboxylic acids is 1. The van der Waals surface area contributed by atoms with Crippen molar-refractivity contribution in [2.45, 2.75) is 12.8 Å². The van der Waals surface area contributed by atoms with E-state index in [1.807, 2.05) is 24.3 Å². The lowest BCUT2D eigenvalue weighted by Crippen LogP contribution is -2.35. The standard InChI is InChI=1S/C18H21N3O3S/c1-20(2)25(23,24)19-16-10-11-17-15(13-16)9-6-12-21(17)18(22)14-7-4-3-5-8-14/h3-5,7-8,10-11,13,19H,6,9,12H2,1-2H3. The van der Waals surface area contributed by atoms with E-state index in [0.717, 1.165) is 28.4 Å². The van der Waals surface area contributed by atoms with Crippen LogP contribution in [0.1, 0.15) is 22.3 Å². The van der Waals surface area contributed by atoms with E-state index in [2.05, 4.69) is 4.72 Å². The highest BCUT2D eigenvalue weighted by molar-refractivity contribution is 7.90. The molecule has 3 rings (SSSR count). The number of carbonyl (C=O) groups is 1. The lowest BCUT2D eigenvalue weighted by Gasteiger charge is -2.30. The van der Waals surface area contributed by atoms with E-state index >= 15 is 0 Å². The van der Waals surface area contributed by atoms with Gasteiger partial charge in [-0.1, -0.05) is 18.2 Å². The SMILES string of the molecule is CN(C)S(=O)(=O)Nc1ccc2c(c1)CCCN2C(=O)c1ccccc1. The molecule has 1 N–H and O–H groups in total. The molecule has 7 heteroatoms. The minimum atomic E-state index is -3.55. The third-order valence-electron chi connectivity index (χ3n) is 4.19. The predicted octanol–water partition coefficient (Wildman–Crippen LogP) is 2.50. The van der Waals surface area contributed by atoms with Gasteiger partial charge in [-0.15, -0.1) is 0 Å². The van der Waals surface area contributed by atoms with Crippen LogP contribution in [0, 0.1) is 0 Å². The number of nitrogens with zero attached hydrogens (tertiary/aromatic N) is 2. The molecule has 1 aliphatic rings. The van der Waals surface area contributed by atoms with Gasteiger partial charge in [0.2, 0.25) is 0 Å². The highest BCUT2D eigenvalue weighted by Crippen LogP contribution is 2.31. The summed E-state index contributed by atoms with van der Waals surface area (Å²) in [6.07, 6.45) is 1.65. The van der Waals surface area contributed by atoms with E-state index in [4.69, 9.17) is 0 Å². The van der Waals surface area contributed by atoms with E-state index in [1.165, 1.54) is 14.1 Å². The van der Waals surface area contributed by atoms with Crippen molar-refractivity contribution >= 4 is 27.5 Å². The van der Waals surface area contributed by atoms with Crippen LogP contribution >= 0.6 is 0 Å². The molecule has 2 aromatic rings. The van der Waals surface area contributed by atoms with Crippen LogP contribution in [0.4, 0.5) is 11.4 Å². The molecular formula is C18H21N3O3S. The van der Waals surface area contributed by atoms with Crippen LogP contribution in [0.3, 0.4) is 0 Å². The molecule has 0 saturated heterocycles. The van der Waals surface area contributed by atoms with Gasteiger partial charge in [0, 0.05) is 31.9 Å². The number of hydrogen-bond acceptors (Lipinski definition) is 3. The summed E-state index contributed by atoms with van der Waals surface area (Å²) in [6, 6.07) is 14.5. The molecule has 25 heavy (non-hydrogen) atoms. The Bertz CT molecular complexity index is 880. The van der Waals surface area contributed by atoms with Crippen LogP contribution in [0.5, 0.6) is 0 Å². The quantitative estimate of drug-likeness (QED) is 0.912. The average molecular weight is 359 g/mol. The number of aryl methyl sites for hydroxylation is 1. The molecule has 0 radical (unpaired) electrons. The van der Waals surface area contributed by atoms with Crippen LogP contribution in [-0.2, 0) is 16.6 Å². The summed E-state index contributed by atoms with van der Waals surface area (Å²) >= 11 is 0. The summed E-state index contributed by atoms with van der Waals surface area (Å²) in [4.78, 5) is 14.5. The van der Waals surface area contributed by atoms with Crippen molar-refractivity contribution in [2.75, 3.05) is 30.3 Å². The molecule has 0 aromatic heterocycles. The molecule has 1 aliphatic heterocycles. The molecule has 1 amide bonds. The number of benzene rings is 2. The van der Waals surface area contributed by atoms with Gasteiger partial charge in [0.1, 0.15) is 0 Å². The topological polar surface area (TPSA) is 69.7 Å². The first-order chi connectivity index (χ1) is 11.9. The molecule has 0 bridgehead atoms. The lowest BCUT2D eigenvalue weighted by molar-refractivity contribution is 0.0985. The maximum atomic E-state index is 12.8. The van der Waals surface area contributed by atoms with Gasteiger partial charge < -0.3 is 4.90 Å². The second kappa shape index (κ2) is 6.85. The summed E-state index contributed by atoms with van der Waals surface area (Å²) in [6.45, 7) is 0.656. The van der Waals surface area contributed by atoms with Crippen LogP contribution in [-0.4, -0.2) is 39.3 Å². The number of nitrogens with one attached hydrogen (secondary N) is 1. The van der Waals surface area contributed by atoms with Crippen molar-refractivity contribution in [3.8, 4) is 0 Å². The van der Waals surface area contributed by atoms with Crippen LogP contribution in [0.25, 0.3) is 0 Å². The first kappa shape index (κ1) is 17.4. The fourth-order valence-electron chi connectivity index (χ4n) is 2.85. The van der Waals surface area contributed by atoms with Crippen molar-refractivity contribution in [1.82, 2.24) is 4.31 Å². The number of hydrogen-bond donors (Lipinski definition) is 1. The fraction of sp³-hybridized carbons (Fsp3) is 0.278. The van der Waals surface area contributed by atoms with E-state index in [1.54, 1.807) is 29.2 Å². The van der Waals surface area contributed by atoms with Crippen molar-refractivity contribution in [3.63, 3.8) is 0 Å². The van der Waals surface area contributed by atoms with Gasteiger partial charge in [-0.05, 0) is 48.7 Å². The van der Waals surface area contributed by atoms with Crippen LogP contribution < -0.4 is 9.62 Å². The highest BCUT2D eigenvalue weighted by Gasteiger charge is 2.24. The van der Waals surface area contributed by atoms with E-state index < -0.39 is 10.2 Å². The van der Waals surface area contributed by atoms with Crippen molar-refractivity contribution in [1.29, 1.82) is 0 Å². The predicted molar refractivity (Wildman–Crippen MR) is 99.1 cm³/mol. The number of rotatable bonds is 4. The largest absolute Gasteiger partial charge is 0.308 e. The summed E-state index contributed by atoms with van der Waals surface area (Å²) < 4.78 is 27.6. The maximum absolute atomic E-state index is 12.8. The van der Waals surface area contributed by atoms with Crippen molar-refractivity contribution in [2.24, 2.45) is 0 Å². The highest BCUT2D eigenvalue weighted by atomic mass is 32.2. The Morgan fingerprint density at radius 3 is 2.52 bits per heavy atom. The Balaban J connectivity index is 1.89. The van der Waals surface area contributed by atoms with Gasteiger partial charge in [-0.2, -0.15) is 12.7 Å². The smallest absolute Gasteiger partial charge is 0.301 e. The first-order valence-corrected chi connectivity index (χ1v) is 9.52. The zero-order valence-corrected chi connectivity index (χ0v) is 15.1. The van der Waals surface area contributed by atoms with E-state index in [-0.39, 0.29) is 5.91 Å². The minimum Gasteiger partial charge on any atom is -0.308 e. The molecule has 6 nitrogen and oxygen atoms in total. The van der Waals surface area contributed by atoms with Gasteiger partial charge >= 0.3 is 10.2 Å². The van der Waals surface area contributed by atoms with Crippen molar-refractivity contribution in [3.05, 3.63) is 59.7 Å². The average Bonchev–Trinajstić information content (AvgIpc) is 2.60. The molecule has 0 saturated carbocycles. The second-order valence-corrected chi connectivity index (χ2v) is 8.04. The normalized spacial score (nSPS) is 14.3. The first-order valence-electron chi connectivity index (χ1n) is 8.08. The van der Waals surface area contributed by atoms with E-state index in [9.17, 15) is 13.2 Å². The summed E-state index contributed by atoms with van der Waals surface area (Å²) in [7, 11) is -0.601. The molecule has 2 aromatic carbocycles. The van der Waals surface area contributed by atoms with Crippen LogP contribution in [0.15, 0.2) is 48.5 Å². The summed E-state index contributed by atoms with van der Waals surface area (Å²) in [5.41, 5.74) is 2.96. The minimum absolute atomic E-state index is 0.0387. The zero-order valence-electron chi connectivity index (χ0n) is 14.3. The molecule has 0 aliphatic carbocycles. The number of fused-ring (bicyclic) bond motifs is 1. The van der Waals surface area contributed by atoms with Gasteiger partial charge in [-0.25, -0.2) is 0 Å². The number of anilines is 2. The van der Waals surface area contributed by atoms with E-state index in [0.29, 0.717) is 17.8 Å². The maximum Gasteiger partial charge on any atom is 0.301 e. The molecule has 0 fully saturated rings. The zero-order chi connectivity index (χ0) is 18.0. The third-order valence-corrected chi connectivity index (χ3v) is 5.65. The Labute approximate surface area is 148 Å². The molecule has 132 valence electrons. The Kier molecular flexibility index (Phi) is 4.78. The van der Waals surface area contributed by atoms with Crippen molar-refractivity contribution < 1.29 is 13.2 Å². The monoisotopic (exact) mass is 359 g/mol. The van der Waals surface area contributed by atoms with Gasteiger partial charge in [-0.3, -0.25) is 9.52 Å². The molecule has 0 spiro atoms. The Hall–Kier alpha value is -2.38. The third kappa shape index (κ3) is 3.67. The molecule has 0 unspecified atom stereocenters. The number of amides is 1. The second-order valence-electron chi connectivity index (χ2n) is 6.16. The van der Waals surface area contributed by atoms with Gasteiger partial charge in [0.05, 0.1) is 5.69 Å². The Morgan fingerprint density at radius 1 is 1.12 bits per heavy atom. The summed E-state index contributed by atoms with van der Waals surface area (Å²) in [5.74, 6) is -0.0387. The van der Waals surface area contributed by atoms with Gasteiger partial charge in [0.15, 0.2) is 0 Å². The summed E-state index contributed by atoms with van der Waals surface area (Å²) in [5, 5.41) is 0. The molecule has 0 atom stereocenters. The molecule has 1 heterocycles. The lowest BCUT2D eigenvalue weighted by atomic mass is 10.00. The fourth-order valence-corrected chi connectivity index (χ4v) is 3.46. The van der Waals surface area contributed by atoms with Gasteiger partial charge in [0.25, 0.3) is 5.91 Å². The Morgan fingerprint density at radius 2 is 1.84 bits per heavy atom. The van der Waals surface area contributed by atoms with Crippen LogP contribution in [0.2, 0.25) is 0 Å².